The molecule has 0 aromatic carbocycles. The lowest BCUT2D eigenvalue weighted by atomic mass is 9.90. The van der Waals surface area contributed by atoms with Crippen molar-refractivity contribution in [2.45, 2.75) is 64.1 Å². The summed E-state index contributed by atoms with van der Waals surface area (Å²) in [6.45, 7) is 6.66. The average Bonchev–Trinajstić information content (AvgIpc) is 3.22. The van der Waals surface area contributed by atoms with Gasteiger partial charge in [0.25, 0.3) is 0 Å². The van der Waals surface area contributed by atoms with E-state index in [1.54, 1.807) is 11.0 Å². The van der Waals surface area contributed by atoms with Crippen LogP contribution in [-0.2, 0) is 16.1 Å². The van der Waals surface area contributed by atoms with Crippen LogP contribution in [0.25, 0.3) is 0 Å². The van der Waals surface area contributed by atoms with Gasteiger partial charge in [0, 0.05) is 38.4 Å². The van der Waals surface area contributed by atoms with Crippen LogP contribution in [0.2, 0.25) is 0 Å². The maximum Gasteiger partial charge on any atom is 0.410 e. The molecule has 25 heavy (non-hydrogen) atoms. The number of ether oxygens (including phenoxy) is 1. The van der Waals surface area contributed by atoms with Crippen molar-refractivity contribution >= 4 is 12.0 Å². The SMILES string of the molecule is CCC[C@H](C)N1CC2(CCN(C(=O)CCn3cncn3)CC2)OC1=O. The van der Waals surface area contributed by atoms with E-state index in [4.69, 9.17) is 4.74 Å². The minimum atomic E-state index is -0.415. The molecule has 2 amide bonds. The summed E-state index contributed by atoms with van der Waals surface area (Å²) < 4.78 is 7.41. The van der Waals surface area contributed by atoms with E-state index in [9.17, 15) is 9.59 Å². The lowest BCUT2D eigenvalue weighted by Gasteiger charge is -2.37. The number of amides is 2. The largest absolute Gasteiger partial charge is 0.441 e. The standard InChI is InChI=1S/C17H27N5O3/c1-3-4-14(2)22-11-17(25-16(22)24)6-9-20(10-7-17)15(23)5-8-21-13-18-12-19-21/h12-14H,3-11H2,1-2H3/t14-/m0/s1. The number of nitrogens with zero attached hydrogens (tertiary/aromatic N) is 5. The van der Waals surface area contributed by atoms with Gasteiger partial charge in [0.15, 0.2) is 0 Å². The number of carbonyl (C=O) groups is 2. The van der Waals surface area contributed by atoms with E-state index in [1.165, 1.54) is 6.33 Å². The fraction of sp³-hybridized carbons (Fsp3) is 0.765. The van der Waals surface area contributed by atoms with Crippen LogP contribution in [0.4, 0.5) is 4.79 Å². The molecule has 0 N–H and O–H groups in total. The van der Waals surface area contributed by atoms with Crippen molar-refractivity contribution < 1.29 is 14.3 Å². The molecule has 0 radical (unpaired) electrons. The zero-order valence-corrected chi connectivity index (χ0v) is 15.1. The molecule has 0 bridgehead atoms. The molecule has 2 aliphatic heterocycles. The summed E-state index contributed by atoms with van der Waals surface area (Å²) >= 11 is 0. The summed E-state index contributed by atoms with van der Waals surface area (Å²) in [5, 5.41) is 4.01. The van der Waals surface area contributed by atoms with Gasteiger partial charge >= 0.3 is 6.09 Å². The van der Waals surface area contributed by atoms with Crippen LogP contribution in [0.3, 0.4) is 0 Å². The molecule has 8 nitrogen and oxygen atoms in total. The highest BCUT2D eigenvalue weighted by Gasteiger charge is 2.48. The van der Waals surface area contributed by atoms with Gasteiger partial charge < -0.3 is 14.5 Å². The second-order valence-corrected chi connectivity index (χ2v) is 7.11. The molecule has 3 heterocycles. The Kier molecular flexibility index (Phi) is 5.24. The van der Waals surface area contributed by atoms with Crippen LogP contribution in [0.1, 0.15) is 46.0 Å². The second kappa shape index (κ2) is 7.41. The molecule has 0 unspecified atom stereocenters. The lowest BCUT2D eigenvalue weighted by molar-refractivity contribution is -0.134. The van der Waals surface area contributed by atoms with Gasteiger partial charge in [0.1, 0.15) is 18.3 Å². The highest BCUT2D eigenvalue weighted by Crippen LogP contribution is 2.34. The predicted molar refractivity (Wildman–Crippen MR) is 90.7 cm³/mol. The fourth-order valence-electron chi connectivity index (χ4n) is 3.70. The molecule has 1 spiro atoms. The summed E-state index contributed by atoms with van der Waals surface area (Å²) in [4.78, 5) is 32.2. The minimum Gasteiger partial charge on any atom is -0.441 e. The smallest absolute Gasteiger partial charge is 0.410 e. The molecule has 1 atom stereocenters. The zero-order valence-electron chi connectivity index (χ0n) is 15.1. The fourth-order valence-corrected chi connectivity index (χ4v) is 3.70. The van der Waals surface area contributed by atoms with Crippen molar-refractivity contribution in [3.63, 3.8) is 0 Å². The van der Waals surface area contributed by atoms with Crippen LogP contribution < -0.4 is 0 Å². The van der Waals surface area contributed by atoms with Gasteiger partial charge in [-0.05, 0) is 13.3 Å². The van der Waals surface area contributed by atoms with Gasteiger partial charge in [-0.2, -0.15) is 5.10 Å². The zero-order chi connectivity index (χ0) is 17.9. The van der Waals surface area contributed by atoms with Crippen molar-refractivity contribution in [3.8, 4) is 0 Å². The number of aryl methyl sites for hydroxylation is 1. The van der Waals surface area contributed by atoms with Crippen LogP contribution in [0, 0.1) is 0 Å². The number of rotatable bonds is 6. The maximum absolute atomic E-state index is 12.4. The van der Waals surface area contributed by atoms with Gasteiger partial charge in [-0.1, -0.05) is 13.3 Å². The molecule has 8 heteroatoms. The first kappa shape index (κ1) is 17.7. The molecular formula is C17H27N5O3. The summed E-state index contributed by atoms with van der Waals surface area (Å²) in [6.07, 6.45) is 6.75. The van der Waals surface area contributed by atoms with E-state index >= 15 is 0 Å². The Labute approximate surface area is 148 Å². The highest BCUT2D eigenvalue weighted by atomic mass is 16.6. The molecule has 1 aromatic rings. The Morgan fingerprint density at radius 2 is 2.16 bits per heavy atom. The summed E-state index contributed by atoms with van der Waals surface area (Å²) in [5.74, 6) is 0.117. The summed E-state index contributed by atoms with van der Waals surface area (Å²) in [5.41, 5.74) is -0.415. The van der Waals surface area contributed by atoms with E-state index in [0.717, 1.165) is 12.8 Å². The molecule has 2 saturated heterocycles. The second-order valence-electron chi connectivity index (χ2n) is 7.11. The molecule has 138 valence electrons. The van der Waals surface area contributed by atoms with E-state index in [0.29, 0.717) is 45.4 Å². The Balaban J connectivity index is 1.49. The van der Waals surface area contributed by atoms with Gasteiger partial charge in [0.05, 0.1) is 13.1 Å². The predicted octanol–water partition coefficient (Wildman–Crippen LogP) is 1.67. The minimum absolute atomic E-state index is 0.117. The lowest BCUT2D eigenvalue weighted by Crippen LogP contribution is -2.49. The van der Waals surface area contributed by atoms with Crippen LogP contribution >= 0.6 is 0 Å². The number of aromatic nitrogens is 3. The molecular weight excluding hydrogens is 322 g/mol. The normalized spacial score (nSPS) is 20.8. The van der Waals surface area contributed by atoms with Crippen molar-refractivity contribution in [2.75, 3.05) is 19.6 Å². The molecule has 2 aliphatic rings. The van der Waals surface area contributed by atoms with Gasteiger partial charge in [-0.3, -0.25) is 9.48 Å². The Morgan fingerprint density at radius 3 is 2.80 bits per heavy atom. The van der Waals surface area contributed by atoms with E-state index in [1.807, 2.05) is 9.80 Å². The first-order valence-electron chi connectivity index (χ1n) is 9.13. The van der Waals surface area contributed by atoms with Crippen molar-refractivity contribution in [1.82, 2.24) is 24.6 Å². The van der Waals surface area contributed by atoms with Crippen LogP contribution in [0.5, 0.6) is 0 Å². The number of hydrogen-bond donors (Lipinski definition) is 0. The number of likely N-dealkylation sites (tertiary alicyclic amines) is 1. The van der Waals surface area contributed by atoms with E-state index < -0.39 is 5.60 Å². The Hall–Kier alpha value is -2.12. The van der Waals surface area contributed by atoms with Crippen molar-refractivity contribution in [2.24, 2.45) is 0 Å². The first-order valence-corrected chi connectivity index (χ1v) is 9.13. The summed E-state index contributed by atoms with van der Waals surface area (Å²) in [7, 11) is 0. The third kappa shape index (κ3) is 3.93. The number of hydrogen-bond acceptors (Lipinski definition) is 5. The average molecular weight is 349 g/mol. The van der Waals surface area contributed by atoms with E-state index in [2.05, 4.69) is 23.9 Å². The first-order chi connectivity index (χ1) is 12.0. The Morgan fingerprint density at radius 1 is 1.40 bits per heavy atom. The van der Waals surface area contributed by atoms with Crippen molar-refractivity contribution in [1.29, 1.82) is 0 Å². The molecule has 1 aromatic heterocycles. The number of carbonyl (C=O) groups excluding carboxylic acids is 2. The van der Waals surface area contributed by atoms with Gasteiger partial charge in [-0.25, -0.2) is 9.78 Å². The molecule has 2 fully saturated rings. The van der Waals surface area contributed by atoms with Crippen LogP contribution in [0.15, 0.2) is 12.7 Å². The topological polar surface area (TPSA) is 80.6 Å². The molecule has 0 saturated carbocycles. The molecule has 0 aliphatic carbocycles. The third-order valence-corrected chi connectivity index (χ3v) is 5.28. The summed E-state index contributed by atoms with van der Waals surface area (Å²) in [6, 6.07) is 0.208. The third-order valence-electron chi connectivity index (χ3n) is 5.28. The highest BCUT2D eigenvalue weighted by molar-refractivity contribution is 5.76. The Bertz CT molecular complexity index is 595. The number of piperidine rings is 1. The monoisotopic (exact) mass is 349 g/mol. The maximum atomic E-state index is 12.4. The van der Waals surface area contributed by atoms with Crippen LogP contribution in [-0.4, -0.2) is 67.8 Å². The van der Waals surface area contributed by atoms with Gasteiger partial charge in [0.2, 0.25) is 5.91 Å². The van der Waals surface area contributed by atoms with Gasteiger partial charge in [-0.15, -0.1) is 0 Å². The quantitative estimate of drug-likeness (QED) is 0.780. The molecule has 3 rings (SSSR count). The van der Waals surface area contributed by atoms with E-state index in [-0.39, 0.29) is 18.0 Å². The van der Waals surface area contributed by atoms with Crippen molar-refractivity contribution in [3.05, 3.63) is 12.7 Å².